The van der Waals surface area contributed by atoms with Crippen LogP contribution in [0.3, 0.4) is 0 Å². The number of para-hydroxylation sites is 1. The average molecular weight is 404 g/mol. The minimum absolute atomic E-state index is 0.307. The summed E-state index contributed by atoms with van der Waals surface area (Å²) < 4.78 is 30.7. The van der Waals surface area contributed by atoms with E-state index < -0.39 is 9.84 Å². The zero-order chi connectivity index (χ0) is 18.9. The fourth-order valence-electron chi connectivity index (χ4n) is 3.27. The maximum atomic E-state index is 12.0. The summed E-state index contributed by atoms with van der Waals surface area (Å²) >= 11 is 1.55. The summed E-state index contributed by atoms with van der Waals surface area (Å²) in [5.74, 6) is 1.16. The third-order valence-corrected chi connectivity index (χ3v) is 6.97. The van der Waals surface area contributed by atoms with Crippen molar-refractivity contribution in [3.05, 3.63) is 42.6 Å². The number of aromatic nitrogens is 2. The van der Waals surface area contributed by atoms with Crippen molar-refractivity contribution < 1.29 is 13.2 Å². The van der Waals surface area contributed by atoms with Crippen molar-refractivity contribution in [2.24, 2.45) is 5.92 Å². The van der Waals surface area contributed by atoms with Crippen LogP contribution in [-0.2, 0) is 9.84 Å². The minimum atomic E-state index is -3.29. The van der Waals surface area contributed by atoms with E-state index in [0.717, 1.165) is 35.8 Å². The summed E-state index contributed by atoms with van der Waals surface area (Å²) in [5, 5.41) is 0.894. The summed E-state index contributed by atoms with van der Waals surface area (Å²) in [7, 11) is -3.29. The summed E-state index contributed by atoms with van der Waals surface area (Å²) in [6.45, 7) is 2.46. The molecule has 27 heavy (non-hydrogen) atoms. The van der Waals surface area contributed by atoms with Gasteiger partial charge in [-0.2, -0.15) is 0 Å². The molecular weight excluding hydrogens is 382 g/mol. The molecule has 3 heterocycles. The standard InChI is InChI=1S/C19H21N3O3S2/c1-27(23,24)16-6-4-5-15-18(16)21-19(26-15)22-11-8-14(9-12-22)13-25-17-7-2-3-10-20-17/h2-7,10,14H,8-9,11-13H2,1H3. The van der Waals surface area contributed by atoms with Gasteiger partial charge < -0.3 is 9.64 Å². The van der Waals surface area contributed by atoms with E-state index >= 15 is 0 Å². The molecule has 0 amide bonds. The largest absolute Gasteiger partial charge is 0.477 e. The van der Waals surface area contributed by atoms with Crippen LogP contribution in [0.2, 0.25) is 0 Å². The highest BCUT2D eigenvalue weighted by atomic mass is 32.2. The van der Waals surface area contributed by atoms with Gasteiger partial charge in [-0.15, -0.1) is 0 Å². The number of nitrogens with zero attached hydrogens (tertiary/aromatic N) is 3. The predicted octanol–water partition coefficient (Wildman–Crippen LogP) is 3.39. The van der Waals surface area contributed by atoms with Crippen molar-refractivity contribution in [3.63, 3.8) is 0 Å². The number of benzene rings is 1. The quantitative estimate of drug-likeness (QED) is 0.650. The molecule has 0 spiro atoms. The van der Waals surface area contributed by atoms with Crippen LogP contribution < -0.4 is 9.64 Å². The van der Waals surface area contributed by atoms with Gasteiger partial charge in [-0.05, 0) is 37.0 Å². The van der Waals surface area contributed by atoms with Gasteiger partial charge in [0.2, 0.25) is 5.88 Å². The highest BCUT2D eigenvalue weighted by molar-refractivity contribution is 7.91. The fraction of sp³-hybridized carbons (Fsp3) is 0.368. The van der Waals surface area contributed by atoms with Crippen molar-refractivity contribution in [3.8, 4) is 5.88 Å². The van der Waals surface area contributed by atoms with E-state index in [1.807, 2.05) is 24.3 Å². The molecule has 1 aliphatic heterocycles. The van der Waals surface area contributed by atoms with Gasteiger partial charge in [-0.1, -0.05) is 23.5 Å². The Kier molecular flexibility index (Phi) is 5.01. The molecule has 0 bridgehead atoms. The smallest absolute Gasteiger partial charge is 0.213 e. The number of anilines is 1. The molecule has 2 aromatic heterocycles. The fourth-order valence-corrected chi connectivity index (χ4v) is 5.21. The molecule has 8 heteroatoms. The Labute approximate surface area is 162 Å². The predicted molar refractivity (Wildman–Crippen MR) is 107 cm³/mol. The number of hydrogen-bond acceptors (Lipinski definition) is 7. The molecule has 1 aliphatic rings. The van der Waals surface area contributed by atoms with Crippen LogP contribution in [0.4, 0.5) is 5.13 Å². The zero-order valence-electron chi connectivity index (χ0n) is 15.0. The van der Waals surface area contributed by atoms with Crippen molar-refractivity contribution in [2.45, 2.75) is 17.7 Å². The molecule has 0 aliphatic carbocycles. The van der Waals surface area contributed by atoms with Crippen molar-refractivity contribution in [2.75, 3.05) is 30.9 Å². The molecule has 4 rings (SSSR count). The van der Waals surface area contributed by atoms with Crippen LogP contribution in [0.25, 0.3) is 10.2 Å². The second-order valence-electron chi connectivity index (χ2n) is 6.78. The molecule has 142 valence electrons. The molecule has 1 aromatic carbocycles. The van der Waals surface area contributed by atoms with Crippen LogP contribution in [0, 0.1) is 5.92 Å². The molecule has 1 fully saturated rings. The third kappa shape index (κ3) is 4.06. The molecule has 3 aromatic rings. The van der Waals surface area contributed by atoms with Crippen LogP contribution >= 0.6 is 11.3 Å². The average Bonchev–Trinajstić information content (AvgIpc) is 3.11. The molecular formula is C19H21N3O3S2. The maximum absolute atomic E-state index is 12.0. The van der Waals surface area contributed by atoms with Crippen LogP contribution in [0.5, 0.6) is 5.88 Å². The number of thiazole rings is 1. The topological polar surface area (TPSA) is 72.4 Å². The Morgan fingerprint density at radius 1 is 1.19 bits per heavy atom. The van der Waals surface area contributed by atoms with E-state index in [-0.39, 0.29) is 0 Å². The normalized spacial score (nSPS) is 16.0. The zero-order valence-corrected chi connectivity index (χ0v) is 16.7. The number of ether oxygens (including phenoxy) is 1. The first-order valence-electron chi connectivity index (χ1n) is 8.89. The molecule has 0 saturated carbocycles. The lowest BCUT2D eigenvalue weighted by Crippen LogP contribution is -2.35. The van der Waals surface area contributed by atoms with Gasteiger partial charge in [0, 0.05) is 31.6 Å². The van der Waals surface area contributed by atoms with Gasteiger partial charge in [0.25, 0.3) is 0 Å². The van der Waals surface area contributed by atoms with E-state index in [4.69, 9.17) is 4.74 Å². The van der Waals surface area contributed by atoms with E-state index in [0.29, 0.717) is 28.8 Å². The number of fused-ring (bicyclic) bond motifs is 1. The molecule has 0 N–H and O–H groups in total. The summed E-state index contributed by atoms with van der Waals surface area (Å²) in [5.41, 5.74) is 0.584. The third-order valence-electron chi connectivity index (χ3n) is 4.76. The Morgan fingerprint density at radius 3 is 2.70 bits per heavy atom. The van der Waals surface area contributed by atoms with Gasteiger partial charge in [-0.3, -0.25) is 0 Å². The number of pyridine rings is 1. The van der Waals surface area contributed by atoms with Crippen molar-refractivity contribution in [1.29, 1.82) is 0 Å². The van der Waals surface area contributed by atoms with E-state index in [2.05, 4.69) is 14.9 Å². The van der Waals surface area contributed by atoms with Crippen LogP contribution in [-0.4, -0.2) is 44.3 Å². The molecule has 0 radical (unpaired) electrons. The maximum Gasteiger partial charge on any atom is 0.213 e. The van der Waals surface area contributed by atoms with Crippen molar-refractivity contribution >= 4 is 36.5 Å². The summed E-state index contributed by atoms with van der Waals surface area (Å²) in [4.78, 5) is 11.4. The summed E-state index contributed by atoms with van der Waals surface area (Å²) in [6, 6.07) is 11.0. The highest BCUT2D eigenvalue weighted by Gasteiger charge is 2.23. The lowest BCUT2D eigenvalue weighted by Gasteiger charge is -2.31. The number of rotatable bonds is 5. The Bertz CT molecular complexity index is 1030. The minimum Gasteiger partial charge on any atom is -0.477 e. The Balaban J connectivity index is 1.42. The van der Waals surface area contributed by atoms with Gasteiger partial charge in [0.05, 0.1) is 16.2 Å². The second kappa shape index (κ2) is 7.44. The molecule has 0 unspecified atom stereocenters. The van der Waals surface area contributed by atoms with Gasteiger partial charge in [0.1, 0.15) is 5.52 Å². The Morgan fingerprint density at radius 2 is 2.00 bits per heavy atom. The summed E-state index contributed by atoms with van der Waals surface area (Å²) in [6.07, 6.45) is 4.99. The lowest BCUT2D eigenvalue weighted by atomic mass is 9.98. The number of hydrogen-bond donors (Lipinski definition) is 0. The van der Waals surface area contributed by atoms with Gasteiger partial charge in [-0.25, -0.2) is 18.4 Å². The van der Waals surface area contributed by atoms with E-state index in [9.17, 15) is 8.42 Å². The monoisotopic (exact) mass is 403 g/mol. The SMILES string of the molecule is CS(=O)(=O)c1cccc2sc(N3CCC(COc4ccccn4)CC3)nc12. The molecule has 6 nitrogen and oxygen atoms in total. The van der Waals surface area contributed by atoms with E-state index in [1.165, 1.54) is 6.26 Å². The number of piperidine rings is 1. The Hall–Kier alpha value is -2.19. The number of sulfone groups is 1. The van der Waals surface area contributed by atoms with Crippen molar-refractivity contribution in [1.82, 2.24) is 9.97 Å². The van der Waals surface area contributed by atoms with Crippen LogP contribution in [0.15, 0.2) is 47.5 Å². The lowest BCUT2D eigenvalue weighted by molar-refractivity contribution is 0.216. The first kappa shape index (κ1) is 18.2. The van der Waals surface area contributed by atoms with E-state index in [1.54, 1.807) is 29.7 Å². The molecule has 0 atom stereocenters. The molecule has 1 saturated heterocycles. The second-order valence-corrected chi connectivity index (χ2v) is 9.77. The van der Waals surface area contributed by atoms with Gasteiger partial charge in [0.15, 0.2) is 15.0 Å². The first-order chi connectivity index (χ1) is 13.0. The van der Waals surface area contributed by atoms with Gasteiger partial charge >= 0.3 is 0 Å². The van der Waals surface area contributed by atoms with Crippen LogP contribution in [0.1, 0.15) is 12.8 Å². The highest BCUT2D eigenvalue weighted by Crippen LogP contribution is 2.34. The first-order valence-corrected chi connectivity index (χ1v) is 11.6.